The van der Waals surface area contributed by atoms with Crippen molar-refractivity contribution in [1.82, 2.24) is 15.1 Å². The van der Waals surface area contributed by atoms with Crippen LogP contribution in [0.5, 0.6) is 0 Å². The number of carbonyl (C=O) groups excluding carboxylic acids is 2. The highest BCUT2D eigenvalue weighted by Crippen LogP contribution is 2.27. The van der Waals surface area contributed by atoms with E-state index >= 15 is 0 Å². The van der Waals surface area contributed by atoms with Crippen LogP contribution in [0.25, 0.3) is 0 Å². The van der Waals surface area contributed by atoms with Crippen molar-refractivity contribution in [2.75, 3.05) is 32.7 Å². The smallest absolute Gasteiger partial charge is 0.257 e. The van der Waals surface area contributed by atoms with Gasteiger partial charge in [0.25, 0.3) is 5.91 Å². The number of rotatable bonds is 6. The van der Waals surface area contributed by atoms with Gasteiger partial charge in [-0.3, -0.25) is 14.5 Å². The average Bonchev–Trinajstić information content (AvgIpc) is 3.35. The van der Waals surface area contributed by atoms with Crippen LogP contribution >= 0.6 is 0 Å². The summed E-state index contributed by atoms with van der Waals surface area (Å²) in [5.41, 5.74) is 1.84. The standard InChI is InChI=1S/C25H33N3O3/c1-19-7-12-27(13-8-19)23(20-5-3-2-4-6-20)17-26-24(29)21-9-14-28(15-10-21)25(30)22-11-16-31-18-22/h2-6,11,16,18-19,21,23H,7-10,12-15,17H2,1H3,(H,26,29). The molecule has 4 rings (SSSR count). The highest BCUT2D eigenvalue weighted by atomic mass is 16.3. The van der Waals surface area contributed by atoms with E-state index in [0.29, 0.717) is 38.0 Å². The van der Waals surface area contributed by atoms with E-state index in [2.05, 4.69) is 41.4 Å². The number of carbonyl (C=O) groups is 2. The fourth-order valence-corrected chi connectivity index (χ4v) is 4.73. The summed E-state index contributed by atoms with van der Waals surface area (Å²) in [5.74, 6) is 0.834. The Kier molecular flexibility index (Phi) is 7.07. The molecular formula is C25H33N3O3. The van der Waals surface area contributed by atoms with Crippen LogP contribution in [0, 0.1) is 11.8 Å². The predicted octanol–water partition coefficient (Wildman–Crippen LogP) is 3.72. The van der Waals surface area contributed by atoms with Gasteiger partial charge >= 0.3 is 0 Å². The molecule has 0 spiro atoms. The van der Waals surface area contributed by atoms with Crippen molar-refractivity contribution < 1.29 is 14.0 Å². The lowest BCUT2D eigenvalue weighted by molar-refractivity contribution is -0.126. The molecule has 166 valence electrons. The Morgan fingerprint density at radius 1 is 1.03 bits per heavy atom. The third kappa shape index (κ3) is 5.37. The molecule has 1 atom stereocenters. The van der Waals surface area contributed by atoms with E-state index in [1.165, 1.54) is 30.9 Å². The molecule has 31 heavy (non-hydrogen) atoms. The van der Waals surface area contributed by atoms with Crippen LogP contribution in [0.1, 0.15) is 54.6 Å². The zero-order valence-electron chi connectivity index (χ0n) is 18.3. The van der Waals surface area contributed by atoms with Gasteiger partial charge in [-0.05, 0) is 56.3 Å². The third-order valence-electron chi connectivity index (χ3n) is 6.83. The molecule has 6 heteroatoms. The Morgan fingerprint density at radius 3 is 2.39 bits per heavy atom. The first-order valence-electron chi connectivity index (χ1n) is 11.5. The van der Waals surface area contributed by atoms with Crippen LogP contribution in [-0.2, 0) is 4.79 Å². The summed E-state index contributed by atoms with van der Waals surface area (Å²) in [6.07, 6.45) is 6.81. The molecule has 1 N–H and O–H groups in total. The summed E-state index contributed by atoms with van der Waals surface area (Å²) in [4.78, 5) is 29.7. The molecule has 1 unspecified atom stereocenters. The van der Waals surface area contributed by atoms with Gasteiger partial charge in [0.1, 0.15) is 6.26 Å². The first-order chi connectivity index (χ1) is 15.1. The summed E-state index contributed by atoms with van der Waals surface area (Å²) >= 11 is 0. The third-order valence-corrected chi connectivity index (χ3v) is 6.83. The highest BCUT2D eigenvalue weighted by molar-refractivity contribution is 5.94. The van der Waals surface area contributed by atoms with Gasteiger partial charge in [-0.2, -0.15) is 0 Å². The van der Waals surface area contributed by atoms with Gasteiger partial charge in [0, 0.05) is 25.6 Å². The molecule has 2 saturated heterocycles. The monoisotopic (exact) mass is 423 g/mol. The van der Waals surface area contributed by atoms with Gasteiger partial charge in [0.15, 0.2) is 0 Å². The fourth-order valence-electron chi connectivity index (χ4n) is 4.73. The first kappa shape index (κ1) is 21.6. The zero-order valence-corrected chi connectivity index (χ0v) is 18.3. The maximum atomic E-state index is 12.9. The summed E-state index contributed by atoms with van der Waals surface area (Å²) in [5, 5.41) is 3.23. The van der Waals surface area contributed by atoms with E-state index in [0.717, 1.165) is 19.0 Å². The molecule has 2 aliphatic rings. The molecular weight excluding hydrogens is 390 g/mol. The van der Waals surface area contributed by atoms with Crippen molar-refractivity contribution in [1.29, 1.82) is 0 Å². The molecule has 2 aromatic rings. The lowest BCUT2D eigenvalue weighted by Crippen LogP contribution is -2.46. The van der Waals surface area contributed by atoms with Crippen LogP contribution in [0.2, 0.25) is 0 Å². The topological polar surface area (TPSA) is 65.8 Å². The zero-order chi connectivity index (χ0) is 21.6. The summed E-state index contributed by atoms with van der Waals surface area (Å²) in [7, 11) is 0. The van der Waals surface area contributed by atoms with E-state index in [1.807, 2.05) is 11.0 Å². The van der Waals surface area contributed by atoms with Crippen LogP contribution in [0.3, 0.4) is 0 Å². The lowest BCUT2D eigenvalue weighted by Gasteiger charge is -2.37. The number of nitrogens with one attached hydrogen (secondary N) is 1. The Labute approximate surface area is 184 Å². The minimum Gasteiger partial charge on any atom is -0.472 e. The largest absolute Gasteiger partial charge is 0.472 e. The van der Waals surface area contributed by atoms with E-state index < -0.39 is 0 Å². The van der Waals surface area contributed by atoms with Crippen molar-refractivity contribution in [2.45, 2.75) is 38.6 Å². The second-order valence-corrected chi connectivity index (χ2v) is 8.97. The average molecular weight is 424 g/mol. The van der Waals surface area contributed by atoms with Crippen molar-refractivity contribution in [3.8, 4) is 0 Å². The van der Waals surface area contributed by atoms with Crippen molar-refractivity contribution >= 4 is 11.8 Å². The Bertz CT molecular complexity index is 836. The molecule has 0 radical (unpaired) electrons. The SMILES string of the molecule is CC1CCN(C(CNC(=O)C2CCN(C(=O)c3ccoc3)CC2)c2ccccc2)CC1. The number of benzene rings is 1. The van der Waals surface area contributed by atoms with Crippen LogP contribution in [-0.4, -0.2) is 54.3 Å². The van der Waals surface area contributed by atoms with Crippen LogP contribution in [0.4, 0.5) is 0 Å². The highest BCUT2D eigenvalue weighted by Gasteiger charge is 2.30. The number of amides is 2. The summed E-state index contributed by atoms with van der Waals surface area (Å²) in [6.45, 7) is 6.31. The molecule has 1 aromatic heterocycles. The lowest BCUT2D eigenvalue weighted by atomic mass is 9.94. The minimum absolute atomic E-state index is 0.0175. The normalized spacial score (nSPS) is 19.8. The Hall–Kier alpha value is -2.60. The molecule has 3 heterocycles. The number of hydrogen-bond donors (Lipinski definition) is 1. The first-order valence-corrected chi connectivity index (χ1v) is 11.5. The molecule has 2 amide bonds. The second-order valence-electron chi connectivity index (χ2n) is 8.97. The van der Waals surface area contributed by atoms with E-state index in [4.69, 9.17) is 4.42 Å². The molecule has 0 bridgehead atoms. The fraction of sp³-hybridized carbons (Fsp3) is 0.520. The van der Waals surface area contributed by atoms with Gasteiger partial charge in [-0.1, -0.05) is 37.3 Å². The maximum Gasteiger partial charge on any atom is 0.257 e. The summed E-state index contributed by atoms with van der Waals surface area (Å²) < 4.78 is 5.02. The number of furan rings is 1. The molecule has 0 aliphatic carbocycles. The van der Waals surface area contributed by atoms with Crippen molar-refractivity contribution in [3.05, 3.63) is 60.1 Å². The number of nitrogens with zero attached hydrogens (tertiary/aromatic N) is 2. The molecule has 0 saturated carbocycles. The van der Waals surface area contributed by atoms with Crippen molar-refractivity contribution in [2.24, 2.45) is 11.8 Å². The van der Waals surface area contributed by atoms with Gasteiger partial charge in [0.2, 0.25) is 5.91 Å². The van der Waals surface area contributed by atoms with E-state index in [-0.39, 0.29) is 23.8 Å². The van der Waals surface area contributed by atoms with Crippen LogP contribution < -0.4 is 5.32 Å². The van der Waals surface area contributed by atoms with Gasteiger partial charge in [-0.15, -0.1) is 0 Å². The molecule has 6 nitrogen and oxygen atoms in total. The van der Waals surface area contributed by atoms with Gasteiger partial charge < -0.3 is 14.6 Å². The second kappa shape index (κ2) is 10.1. The predicted molar refractivity (Wildman–Crippen MR) is 119 cm³/mol. The van der Waals surface area contributed by atoms with E-state index in [1.54, 1.807) is 6.07 Å². The maximum absolute atomic E-state index is 12.9. The van der Waals surface area contributed by atoms with Crippen molar-refractivity contribution in [3.63, 3.8) is 0 Å². The quantitative estimate of drug-likeness (QED) is 0.769. The number of hydrogen-bond acceptors (Lipinski definition) is 4. The minimum atomic E-state index is -0.0359. The molecule has 1 aromatic carbocycles. The van der Waals surface area contributed by atoms with E-state index in [9.17, 15) is 9.59 Å². The number of piperidine rings is 2. The Balaban J connectivity index is 1.31. The number of likely N-dealkylation sites (tertiary alicyclic amines) is 2. The molecule has 2 aliphatic heterocycles. The van der Waals surface area contributed by atoms with Gasteiger partial charge in [0.05, 0.1) is 17.9 Å². The Morgan fingerprint density at radius 2 is 1.74 bits per heavy atom. The molecule has 2 fully saturated rings. The van der Waals surface area contributed by atoms with Gasteiger partial charge in [-0.25, -0.2) is 0 Å². The van der Waals surface area contributed by atoms with Crippen LogP contribution in [0.15, 0.2) is 53.3 Å². The summed E-state index contributed by atoms with van der Waals surface area (Å²) in [6, 6.07) is 12.4.